The Morgan fingerprint density at radius 3 is 3.00 bits per heavy atom. The van der Waals surface area contributed by atoms with Crippen molar-refractivity contribution >= 4 is 5.69 Å². The summed E-state index contributed by atoms with van der Waals surface area (Å²) in [5.74, 6) is 0.727. The summed E-state index contributed by atoms with van der Waals surface area (Å²) in [6.45, 7) is 2.55. The minimum absolute atomic E-state index is 0.614. The highest BCUT2D eigenvalue weighted by Crippen LogP contribution is 2.24. The number of rotatable bonds is 3. The molecule has 0 aliphatic rings. The Balaban J connectivity index is 2.40. The molecule has 2 aromatic heterocycles. The lowest BCUT2D eigenvalue weighted by Crippen LogP contribution is -1.95. The van der Waals surface area contributed by atoms with Gasteiger partial charge in [-0.1, -0.05) is 0 Å². The van der Waals surface area contributed by atoms with Gasteiger partial charge in [-0.15, -0.1) is 0 Å². The van der Waals surface area contributed by atoms with E-state index in [1.54, 1.807) is 24.7 Å². The van der Waals surface area contributed by atoms with Crippen LogP contribution in [0.25, 0.3) is 11.3 Å². The first-order valence-corrected chi connectivity index (χ1v) is 5.10. The predicted octanol–water partition coefficient (Wildman–Crippen LogP) is 2.12. The molecule has 0 saturated heterocycles. The molecule has 0 radical (unpaired) electrons. The van der Waals surface area contributed by atoms with Gasteiger partial charge in [-0.05, 0) is 25.1 Å². The zero-order valence-corrected chi connectivity index (χ0v) is 9.05. The molecule has 4 heteroatoms. The van der Waals surface area contributed by atoms with Crippen LogP contribution < -0.4 is 10.5 Å². The molecule has 16 heavy (non-hydrogen) atoms. The number of aromatic nitrogens is 2. The summed E-state index contributed by atoms with van der Waals surface area (Å²) in [5.41, 5.74) is 8.08. The largest absolute Gasteiger partial charge is 0.492 e. The van der Waals surface area contributed by atoms with E-state index >= 15 is 0 Å². The summed E-state index contributed by atoms with van der Waals surface area (Å²) in [7, 11) is 0. The van der Waals surface area contributed by atoms with Crippen LogP contribution in [-0.2, 0) is 0 Å². The van der Waals surface area contributed by atoms with Crippen LogP contribution in [0.1, 0.15) is 6.92 Å². The fraction of sp³-hybridized carbons (Fsp3) is 0.167. The number of nitrogens with two attached hydrogens (primary N) is 1. The van der Waals surface area contributed by atoms with Gasteiger partial charge in [0.15, 0.2) is 0 Å². The van der Waals surface area contributed by atoms with Crippen molar-refractivity contribution < 1.29 is 4.74 Å². The summed E-state index contributed by atoms with van der Waals surface area (Å²) in [6.07, 6.45) is 5.10. The van der Waals surface area contributed by atoms with Crippen LogP contribution >= 0.6 is 0 Å². The molecule has 0 aliphatic heterocycles. The topological polar surface area (TPSA) is 61.0 Å². The van der Waals surface area contributed by atoms with Crippen LogP contribution in [0.4, 0.5) is 5.69 Å². The molecule has 2 heterocycles. The van der Waals surface area contributed by atoms with Gasteiger partial charge in [0.1, 0.15) is 5.75 Å². The van der Waals surface area contributed by atoms with Gasteiger partial charge >= 0.3 is 0 Å². The zero-order valence-electron chi connectivity index (χ0n) is 9.05. The van der Waals surface area contributed by atoms with E-state index in [2.05, 4.69) is 9.97 Å². The quantitative estimate of drug-likeness (QED) is 0.851. The van der Waals surface area contributed by atoms with Gasteiger partial charge < -0.3 is 10.5 Å². The number of ether oxygens (including phenoxy) is 1. The lowest BCUT2D eigenvalue weighted by molar-refractivity contribution is 0.339. The first-order chi connectivity index (χ1) is 7.81. The van der Waals surface area contributed by atoms with Gasteiger partial charge in [-0.25, -0.2) is 0 Å². The van der Waals surface area contributed by atoms with E-state index in [1.165, 1.54) is 0 Å². The van der Waals surface area contributed by atoms with E-state index in [1.807, 2.05) is 19.1 Å². The van der Waals surface area contributed by atoms with E-state index in [-0.39, 0.29) is 0 Å². The molecule has 0 amide bonds. The molecule has 0 bridgehead atoms. The van der Waals surface area contributed by atoms with E-state index in [4.69, 9.17) is 10.5 Å². The molecule has 0 unspecified atom stereocenters. The fourth-order valence-electron chi connectivity index (χ4n) is 1.45. The Morgan fingerprint density at radius 2 is 2.25 bits per heavy atom. The van der Waals surface area contributed by atoms with Crippen LogP contribution in [0, 0.1) is 0 Å². The molecule has 82 valence electrons. The first-order valence-electron chi connectivity index (χ1n) is 5.10. The van der Waals surface area contributed by atoms with Crippen molar-refractivity contribution in [2.45, 2.75) is 6.92 Å². The third kappa shape index (κ3) is 2.11. The lowest BCUT2D eigenvalue weighted by Gasteiger charge is -2.06. The Morgan fingerprint density at radius 1 is 1.38 bits per heavy atom. The number of pyridine rings is 2. The van der Waals surface area contributed by atoms with Crippen molar-refractivity contribution in [3.63, 3.8) is 0 Å². The minimum Gasteiger partial charge on any atom is -0.492 e. The molecule has 2 rings (SSSR count). The summed E-state index contributed by atoms with van der Waals surface area (Å²) in [6, 6.07) is 5.50. The van der Waals surface area contributed by atoms with Crippen molar-refractivity contribution in [2.24, 2.45) is 0 Å². The maximum atomic E-state index is 5.85. The Labute approximate surface area is 94.1 Å². The monoisotopic (exact) mass is 215 g/mol. The van der Waals surface area contributed by atoms with E-state index in [0.29, 0.717) is 12.3 Å². The molecule has 4 nitrogen and oxygen atoms in total. The Bertz CT molecular complexity index is 485. The number of nitrogen functional groups attached to an aromatic ring is 1. The lowest BCUT2D eigenvalue weighted by atomic mass is 10.1. The number of hydrogen-bond acceptors (Lipinski definition) is 4. The normalized spacial score (nSPS) is 10.1. The molecule has 0 aliphatic carbocycles. The van der Waals surface area contributed by atoms with Crippen molar-refractivity contribution in [1.29, 1.82) is 0 Å². The van der Waals surface area contributed by atoms with Gasteiger partial charge in [0.25, 0.3) is 0 Å². The van der Waals surface area contributed by atoms with Crippen molar-refractivity contribution in [2.75, 3.05) is 12.3 Å². The third-order valence-corrected chi connectivity index (χ3v) is 2.14. The second kappa shape index (κ2) is 4.61. The molecule has 2 aromatic rings. The maximum Gasteiger partial charge on any atom is 0.138 e. The SMILES string of the molecule is CCOc1cncc(-c2ncccc2N)c1. The average molecular weight is 215 g/mol. The van der Waals surface area contributed by atoms with Crippen LogP contribution in [-0.4, -0.2) is 16.6 Å². The van der Waals surface area contributed by atoms with Gasteiger partial charge in [0, 0.05) is 18.0 Å². The highest BCUT2D eigenvalue weighted by atomic mass is 16.5. The molecule has 0 saturated carbocycles. The molecular formula is C12H13N3O. The average Bonchev–Trinajstić information content (AvgIpc) is 2.30. The van der Waals surface area contributed by atoms with Crippen LogP contribution in [0.2, 0.25) is 0 Å². The number of nitrogens with zero attached hydrogens (tertiary/aromatic N) is 2. The molecular weight excluding hydrogens is 202 g/mol. The number of anilines is 1. The summed E-state index contributed by atoms with van der Waals surface area (Å²) >= 11 is 0. The summed E-state index contributed by atoms with van der Waals surface area (Å²) in [5, 5.41) is 0. The molecule has 0 aromatic carbocycles. The smallest absolute Gasteiger partial charge is 0.138 e. The Hall–Kier alpha value is -2.10. The minimum atomic E-state index is 0.614. The van der Waals surface area contributed by atoms with Crippen molar-refractivity contribution in [3.05, 3.63) is 36.8 Å². The van der Waals surface area contributed by atoms with Gasteiger partial charge in [0.2, 0.25) is 0 Å². The first kappa shape index (κ1) is 10.4. The molecule has 0 atom stereocenters. The fourth-order valence-corrected chi connectivity index (χ4v) is 1.45. The van der Waals surface area contributed by atoms with E-state index in [0.717, 1.165) is 17.0 Å². The van der Waals surface area contributed by atoms with Crippen LogP contribution in [0.15, 0.2) is 36.8 Å². The van der Waals surface area contributed by atoms with E-state index in [9.17, 15) is 0 Å². The Kier molecular flexibility index (Phi) is 3.00. The maximum absolute atomic E-state index is 5.85. The van der Waals surface area contributed by atoms with Crippen LogP contribution in [0.3, 0.4) is 0 Å². The zero-order chi connectivity index (χ0) is 11.4. The van der Waals surface area contributed by atoms with Crippen molar-refractivity contribution in [1.82, 2.24) is 9.97 Å². The predicted molar refractivity (Wildman–Crippen MR) is 63.0 cm³/mol. The van der Waals surface area contributed by atoms with Gasteiger partial charge in [-0.2, -0.15) is 0 Å². The summed E-state index contributed by atoms with van der Waals surface area (Å²) in [4.78, 5) is 8.33. The van der Waals surface area contributed by atoms with Crippen LogP contribution in [0.5, 0.6) is 5.75 Å². The number of hydrogen-bond donors (Lipinski definition) is 1. The van der Waals surface area contributed by atoms with E-state index < -0.39 is 0 Å². The highest BCUT2D eigenvalue weighted by Gasteiger charge is 2.05. The molecule has 0 spiro atoms. The summed E-state index contributed by atoms with van der Waals surface area (Å²) < 4.78 is 5.38. The molecule has 2 N–H and O–H groups in total. The third-order valence-electron chi connectivity index (χ3n) is 2.14. The highest BCUT2D eigenvalue weighted by molar-refractivity contribution is 5.72. The standard InChI is InChI=1S/C12H13N3O/c1-2-16-10-6-9(7-14-8-10)12-11(13)4-3-5-15-12/h3-8H,2,13H2,1H3. The van der Waals surface area contributed by atoms with Gasteiger partial charge in [0.05, 0.1) is 24.2 Å². The van der Waals surface area contributed by atoms with Gasteiger partial charge in [-0.3, -0.25) is 9.97 Å². The van der Waals surface area contributed by atoms with Crippen molar-refractivity contribution in [3.8, 4) is 17.0 Å². The second-order valence-electron chi connectivity index (χ2n) is 3.28. The molecule has 0 fully saturated rings. The second-order valence-corrected chi connectivity index (χ2v) is 3.28.